The summed E-state index contributed by atoms with van der Waals surface area (Å²) in [6, 6.07) is 5.45. The van der Waals surface area contributed by atoms with E-state index < -0.39 is 35.7 Å². The SMILES string of the molecule is C=Cc1cccc(C(C(=O)NCCC(=O)OCC)N(CCCCCCCC)C(=O)C(NC(=O)OC(C)(C)C)C(C)CC)c1. The van der Waals surface area contributed by atoms with Crippen LogP contribution in [-0.2, 0) is 23.9 Å². The number of nitrogens with one attached hydrogen (secondary N) is 2. The zero-order valence-corrected chi connectivity index (χ0v) is 27.5. The Morgan fingerprint density at radius 3 is 2.30 bits per heavy atom. The molecule has 9 heteroatoms. The Bertz CT molecular complexity index is 1040. The van der Waals surface area contributed by atoms with Gasteiger partial charge >= 0.3 is 12.1 Å². The Morgan fingerprint density at radius 1 is 1.02 bits per heavy atom. The van der Waals surface area contributed by atoms with Crippen molar-refractivity contribution in [1.82, 2.24) is 15.5 Å². The van der Waals surface area contributed by atoms with E-state index in [4.69, 9.17) is 9.47 Å². The molecule has 1 aromatic rings. The highest BCUT2D eigenvalue weighted by molar-refractivity contribution is 5.92. The van der Waals surface area contributed by atoms with Crippen molar-refractivity contribution < 1.29 is 28.7 Å². The van der Waals surface area contributed by atoms with Crippen LogP contribution in [-0.4, -0.2) is 60.1 Å². The number of hydrogen-bond acceptors (Lipinski definition) is 6. The number of amides is 3. The van der Waals surface area contributed by atoms with Gasteiger partial charge in [0.2, 0.25) is 11.8 Å². The third-order valence-electron chi connectivity index (χ3n) is 7.14. The van der Waals surface area contributed by atoms with E-state index in [0.29, 0.717) is 24.9 Å². The van der Waals surface area contributed by atoms with Crippen LogP contribution in [0.4, 0.5) is 4.79 Å². The number of ether oxygens (including phenoxy) is 2. The topological polar surface area (TPSA) is 114 Å². The number of alkyl carbamates (subject to hydrolysis) is 1. The van der Waals surface area contributed by atoms with Crippen LogP contribution in [0.1, 0.15) is 117 Å². The number of carbonyl (C=O) groups excluding carboxylic acids is 4. The van der Waals surface area contributed by atoms with Crippen molar-refractivity contribution in [3.63, 3.8) is 0 Å². The molecular formula is C34H55N3O6. The molecule has 0 spiro atoms. The molecule has 0 aromatic heterocycles. The normalized spacial score (nSPS) is 13.3. The molecule has 1 aromatic carbocycles. The van der Waals surface area contributed by atoms with Crippen LogP contribution in [0, 0.1) is 5.92 Å². The van der Waals surface area contributed by atoms with Crippen LogP contribution in [0.25, 0.3) is 6.08 Å². The van der Waals surface area contributed by atoms with E-state index in [1.807, 2.05) is 38.1 Å². The third kappa shape index (κ3) is 14.1. The van der Waals surface area contributed by atoms with Crippen LogP contribution >= 0.6 is 0 Å². The number of nitrogens with zero attached hydrogens (tertiary/aromatic N) is 1. The number of unbranched alkanes of at least 4 members (excludes halogenated alkanes) is 5. The highest BCUT2D eigenvalue weighted by Gasteiger charge is 2.38. The van der Waals surface area contributed by atoms with Crippen LogP contribution in [0.3, 0.4) is 0 Å². The number of rotatable bonds is 19. The van der Waals surface area contributed by atoms with Gasteiger partial charge in [-0.05, 0) is 57.2 Å². The van der Waals surface area contributed by atoms with E-state index in [1.54, 1.807) is 38.7 Å². The molecule has 0 saturated heterocycles. The minimum atomic E-state index is -0.989. The van der Waals surface area contributed by atoms with Crippen LogP contribution < -0.4 is 10.6 Å². The van der Waals surface area contributed by atoms with E-state index in [2.05, 4.69) is 24.1 Å². The maximum Gasteiger partial charge on any atom is 0.408 e. The van der Waals surface area contributed by atoms with Crippen molar-refractivity contribution in [2.75, 3.05) is 19.7 Å². The monoisotopic (exact) mass is 601 g/mol. The molecule has 0 radical (unpaired) electrons. The first-order chi connectivity index (χ1) is 20.4. The Balaban J connectivity index is 3.50. The molecule has 0 aliphatic rings. The van der Waals surface area contributed by atoms with Crippen molar-refractivity contribution in [2.45, 2.75) is 118 Å². The number of esters is 1. The average molecular weight is 602 g/mol. The van der Waals surface area contributed by atoms with E-state index in [-0.39, 0.29) is 31.4 Å². The minimum absolute atomic E-state index is 0.0140. The first kappa shape index (κ1) is 37.7. The molecule has 0 aliphatic heterocycles. The maximum atomic E-state index is 14.4. The Kier molecular flexibility index (Phi) is 17.3. The van der Waals surface area contributed by atoms with Gasteiger partial charge in [0.15, 0.2) is 0 Å². The van der Waals surface area contributed by atoms with Gasteiger partial charge < -0.3 is 25.0 Å². The fraction of sp³-hybridized carbons (Fsp3) is 0.647. The van der Waals surface area contributed by atoms with Crippen molar-refractivity contribution in [3.8, 4) is 0 Å². The summed E-state index contributed by atoms with van der Waals surface area (Å²) in [7, 11) is 0. The summed E-state index contributed by atoms with van der Waals surface area (Å²) in [5.41, 5.74) is 0.683. The molecule has 0 heterocycles. The lowest BCUT2D eigenvalue weighted by molar-refractivity contribution is -0.145. The summed E-state index contributed by atoms with van der Waals surface area (Å²) < 4.78 is 10.5. The maximum absolute atomic E-state index is 14.4. The molecule has 43 heavy (non-hydrogen) atoms. The van der Waals surface area contributed by atoms with Gasteiger partial charge in [-0.25, -0.2) is 4.79 Å². The van der Waals surface area contributed by atoms with Crippen LogP contribution in [0.15, 0.2) is 30.8 Å². The highest BCUT2D eigenvalue weighted by Crippen LogP contribution is 2.26. The van der Waals surface area contributed by atoms with Crippen LogP contribution in [0.5, 0.6) is 0 Å². The van der Waals surface area contributed by atoms with Gasteiger partial charge in [-0.15, -0.1) is 0 Å². The zero-order chi connectivity index (χ0) is 32.4. The van der Waals surface area contributed by atoms with Gasteiger partial charge in [0.25, 0.3) is 0 Å². The van der Waals surface area contributed by atoms with Gasteiger partial charge in [-0.3, -0.25) is 14.4 Å². The molecule has 3 atom stereocenters. The molecule has 1 rings (SSSR count). The summed E-state index contributed by atoms with van der Waals surface area (Å²) in [6.07, 6.45) is 7.66. The van der Waals surface area contributed by atoms with Gasteiger partial charge in [-0.1, -0.05) is 90.2 Å². The van der Waals surface area contributed by atoms with Crippen molar-refractivity contribution in [3.05, 3.63) is 42.0 Å². The molecule has 9 nitrogen and oxygen atoms in total. The molecule has 242 valence electrons. The molecule has 0 saturated carbocycles. The highest BCUT2D eigenvalue weighted by atomic mass is 16.6. The molecule has 0 aliphatic carbocycles. The van der Waals surface area contributed by atoms with Crippen molar-refractivity contribution >= 4 is 30.0 Å². The van der Waals surface area contributed by atoms with E-state index in [0.717, 1.165) is 37.7 Å². The number of hydrogen-bond donors (Lipinski definition) is 2. The fourth-order valence-electron chi connectivity index (χ4n) is 4.67. The second-order valence-corrected chi connectivity index (χ2v) is 11.9. The Morgan fingerprint density at radius 2 is 1.70 bits per heavy atom. The molecular weight excluding hydrogens is 546 g/mol. The van der Waals surface area contributed by atoms with Crippen LogP contribution in [0.2, 0.25) is 0 Å². The molecule has 2 N–H and O–H groups in total. The van der Waals surface area contributed by atoms with Crippen molar-refractivity contribution in [2.24, 2.45) is 5.92 Å². The molecule has 0 bridgehead atoms. The fourth-order valence-corrected chi connectivity index (χ4v) is 4.67. The lowest BCUT2D eigenvalue weighted by Crippen LogP contribution is -2.55. The molecule has 3 amide bonds. The quantitative estimate of drug-likeness (QED) is 0.137. The van der Waals surface area contributed by atoms with E-state index >= 15 is 0 Å². The minimum Gasteiger partial charge on any atom is -0.466 e. The largest absolute Gasteiger partial charge is 0.466 e. The lowest BCUT2D eigenvalue weighted by atomic mass is 9.95. The predicted molar refractivity (Wildman–Crippen MR) is 171 cm³/mol. The van der Waals surface area contributed by atoms with Gasteiger partial charge in [0, 0.05) is 13.1 Å². The standard InChI is InChI=1S/C34H55N3O6/c1-9-13-14-15-16-17-23-37(32(40)29(25(5)10-2)36-33(41)43-34(6,7)8)30(27-20-18-19-26(11-3)24-27)31(39)35-22-21-28(38)42-12-4/h11,18-20,24-25,29-30H,3,9-10,12-17,21-23H2,1-2,4-8H3,(H,35,39)(H,36,41). The smallest absolute Gasteiger partial charge is 0.408 e. The summed E-state index contributed by atoms with van der Waals surface area (Å²) in [6.45, 7) is 17.5. The predicted octanol–water partition coefficient (Wildman–Crippen LogP) is 6.57. The lowest BCUT2D eigenvalue weighted by Gasteiger charge is -2.36. The van der Waals surface area contributed by atoms with Gasteiger partial charge in [0.05, 0.1) is 13.0 Å². The Hall–Kier alpha value is -3.36. The number of carbonyl (C=O) groups is 4. The van der Waals surface area contributed by atoms with E-state index in [9.17, 15) is 19.2 Å². The summed E-state index contributed by atoms with van der Waals surface area (Å²) >= 11 is 0. The number of benzene rings is 1. The summed E-state index contributed by atoms with van der Waals surface area (Å²) in [5, 5.41) is 5.65. The van der Waals surface area contributed by atoms with E-state index in [1.165, 1.54) is 0 Å². The molecule has 3 unspecified atom stereocenters. The Labute approximate surface area is 259 Å². The second kappa shape index (κ2) is 19.8. The first-order valence-corrected chi connectivity index (χ1v) is 15.8. The third-order valence-corrected chi connectivity index (χ3v) is 7.14. The second-order valence-electron chi connectivity index (χ2n) is 11.9. The van der Waals surface area contributed by atoms with Gasteiger partial charge in [0.1, 0.15) is 17.7 Å². The first-order valence-electron chi connectivity index (χ1n) is 15.8. The molecule has 0 fully saturated rings. The van der Waals surface area contributed by atoms with Crippen molar-refractivity contribution in [1.29, 1.82) is 0 Å². The summed E-state index contributed by atoms with van der Waals surface area (Å²) in [5.74, 6) is -1.40. The average Bonchev–Trinajstić information content (AvgIpc) is 2.95. The summed E-state index contributed by atoms with van der Waals surface area (Å²) in [4.78, 5) is 54.7. The zero-order valence-electron chi connectivity index (χ0n) is 27.5. The van der Waals surface area contributed by atoms with Gasteiger partial charge in [-0.2, -0.15) is 0 Å².